The van der Waals surface area contributed by atoms with Crippen LogP contribution in [-0.2, 0) is 0 Å². The second kappa shape index (κ2) is 10.3. The van der Waals surface area contributed by atoms with Crippen LogP contribution in [0.15, 0.2) is 120 Å². The standard InChI is InChI=1S/C34H30O2/c1-23-21-31(33(35)29-17-13-27(14-18-29)25-9-5-3-6-10-25)32(22-24(23)2)34(36)30-19-15-28(16-20-30)26-11-7-4-8-12-26/h3-20,31-32H,21-22H2,1-2H3/t31-,32-/m1/s1. The first-order chi connectivity index (χ1) is 17.5. The second-order valence-electron chi connectivity index (χ2n) is 9.80. The smallest absolute Gasteiger partial charge is 0.167 e. The summed E-state index contributed by atoms with van der Waals surface area (Å²) in [6, 6.07) is 35.9. The molecule has 4 aromatic rings. The first kappa shape index (κ1) is 23.7. The Bertz CT molecular complexity index is 1290. The van der Waals surface area contributed by atoms with E-state index in [1.165, 1.54) is 11.1 Å². The molecule has 2 heteroatoms. The molecule has 5 rings (SSSR count). The lowest BCUT2D eigenvalue weighted by Gasteiger charge is -2.31. The molecule has 0 bridgehead atoms. The summed E-state index contributed by atoms with van der Waals surface area (Å²) < 4.78 is 0. The van der Waals surface area contributed by atoms with E-state index in [-0.39, 0.29) is 23.4 Å². The highest BCUT2D eigenvalue weighted by atomic mass is 16.1. The first-order valence-corrected chi connectivity index (χ1v) is 12.6. The van der Waals surface area contributed by atoms with Gasteiger partial charge in [0.25, 0.3) is 0 Å². The van der Waals surface area contributed by atoms with E-state index in [1.54, 1.807) is 0 Å². The molecule has 0 aromatic heterocycles. The fourth-order valence-corrected chi connectivity index (χ4v) is 5.19. The average Bonchev–Trinajstić information content (AvgIpc) is 2.94. The third kappa shape index (κ3) is 4.85. The lowest BCUT2D eigenvalue weighted by molar-refractivity contribution is 0.0753. The van der Waals surface area contributed by atoms with E-state index in [1.807, 2.05) is 84.9 Å². The Balaban J connectivity index is 1.40. The van der Waals surface area contributed by atoms with Gasteiger partial charge >= 0.3 is 0 Å². The highest BCUT2D eigenvalue weighted by molar-refractivity contribution is 6.05. The SMILES string of the molecule is CC1=C(C)C[C@@H](C(=O)c2ccc(-c3ccccc3)cc2)[C@H](C(=O)c2ccc(-c3ccccc3)cc2)C1. The molecular weight excluding hydrogens is 440 g/mol. The highest BCUT2D eigenvalue weighted by Crippen LogP contribution is 2.38. The Morgan fingerprint density at radius 1 is 0.472 bits per heavy atom. The summed E-state index contributed by atoms with van der Waals surface area (Å²) in [5.41, 5.74) is 8.18. The van der Waals surface area contributed by atoms with Crippen molar-refractivity contribution >= 4 is 11.6 Å². The Hall–Kier alpha value is -4.04. The van der Waals surface area contributed by atoms with Crippen LogP contribution in [0.5, 0.6) is 0 Å². The first-order valence-electron chi connectivity index (χ1n) is 12.6. The zero-order chi connectivity index (χ0) is 25.1. The van der Waals surface area contributed by atoms with E-state index in [4.69, 9.17) is 0 Å². The van der Waals surface area contributed by atoms with Gasteiger partial charge in [0.2, 0.25) is 0 Å². The van der Waals surface area contributed by atoms with Gasteiger partial charge in [-0.15, -0.1) is 0 Å². The maximum atomic E-state index is 13.7. The summed E-state index contributed by atoms with van der Waals surface area (Å²) in [5.74, 6) is -0.586. The minimum Gasteiger partial charge on any atom is -0.294 e. The van der Waals surface area contributed by atoms with Crippen molar-refractivity contribution < 1.29 is 9.59 Å². The van der Waals surface area contributed by atoms with Crippen LogP contribution in [0.1, 0.15) is 47.4 Å². The molecule has 0 N–H and O–H groups in total. The predicted molar refractivity (Wildman–Crippen MR) is 147 cm³/mol. The van der Waals surface area contributed by atoms with Gasteiger partial charge in [0, 0.05) is 23.0 Å². The van der Waals surface area contributed by atoms with Crippen LogP contribution in [0.2, 0.25) is 0 Å². The van der Waals surface area contributed by atoms with E-state index in [9.17, 15) is 9.59 Å². The van der Waals surface area contributed by atoms with Gasteiger partial charge in [-0.25, -0.2) is 0 Å². The minimum absolute atomic E-state index is 0.0562. The molecule has 0 unspecified atom stereocenters. The van der Waals surface area contributed by atoms with Gasteiger partial charge in [-0.05, 0) is 48.9 Å². The van der Waals surface area contributed by atoms with E-state index in [0.717, 1.165) is 22.3 Å². The van der Waals surface area contributed by atoms with Crippen molar-refractivity contribution in [2.24, 2.45) is 11.8 Å². The quantitative estimate of drug-likeness (QED) is 0.209. The summed E-state index contributed by atoms with van der Waals surface area (Å²) in [5, 5.41) is 0. The number of carbonyl (C=O) groups is 2. The van der Waals surface area contributed by atoms with Gasteiger partial charge in [-0.2, -0.15) is 0 Å². The zero-order valence-corrected chi connectivity index (χ0v) is 20.8. The molecular formula is C34H30O2. The van der Waals surface area contributed by atoms with Crippen LogP contribution < -0.4 is 0 Å². The van der Waals surface area contributed by atoms with Crippen LogP contribution in [0.3, 0.4) is 0 Å². The summed E-state index contributed by atoms with van der Waals surface area (Å²) in [7, 11) is 0. The maximum Gasteiger partial charge on any atom is 0.167 e. The molecule has 0 fully saturated rings. The lowest BCUT2D eigenvalue weighted by Crippen LogP contribution is -2.33. The fourth-order valence-electron chi connectivity index (χ4n) is 5.19. The minimum atomic E-state index is -0.349. The molecule has 178 valence electrons. The number of rotatable bonds is 6. The lowest BCUT2D eigenvalue weighted by atomic mass is 9.70. The van der Waals surface area contributed by atoms with Crippen molar-refractivity contribution in [1.29, 1.82) is 0 Å². The molecule has 1 aliphatic rings. The van der Waals surface area contributed by atoms with Crippen molar-refractivity contribution in [2.75, 3.05) is 0 Å². The third-order valence-electron chi connectivity index (χ3n) is 7.49. The maximum absolute atomic E-state index is 13.7. The van der Waals surface area contributed by atoms with E-state index >= 15 is 0 Å². The summed E-state index contributed by atoms with van der Waals surface area (Å²) in [6.07, 6.45) is 1.26. The highest BCUT2D eigenvalue weighted by Gasteiger charge is 2.37. The number of Topliss-reactive ketones (excluding diaryl/α,β-unsaturated/α-hetero) is 2. The van der Waals surface area contributed by atoms with Crippen molar-refractivity contribution in [3.8, 4) is 22.3 Å². The summed E-state index contributed by atoms with van der Waals surface area (Å²) >= 11 is 0. The van der Waals surface area contributed by atoms with Crippen LogP contribution in [0.4, 0.5) is 0 Å². The molecule has 0 heterocycles. The normalized spacial score (nSPS) is 17.6. The predicted octanol–water partition coefficient (Wildman–Crippen LogP) is 8.45. The topological polar surface area (TPSA) is 34.1 Å². The molecule has 1 aliphatic carbocycles. The summed E-state index contributed by atoms with van der Waals surface area (Å²) in [6.45, 7) is 4.17. The van der Waals surface area contributed by atoms with Crippen molar-refractivity contribution in [3.63, 3.8) is 0 Å². The monoisotopic (exact) mass is 470 g/mol. The van der Waals surface area contributed by atoms with Gasteiger partial charge in [-0.3, -0.25) is 9.59 Å². The van der Waals surface area contributed by atoms with Crippen LogP contribution >= 0.6 is 0 Å². The fraction of sp³-hybridized carbons (Fsp3) is 0.176. The van der Waals surface area contributed by atoms with E-state index in [0.29, 0.717) is 24.0 Å². The summed E-state index contributed by atoms with van der Waals surface area (Å²) in [4.78, 5) is 27.4. The number of carbonyl (C=O) groups excluding carboxylic acids is 2. The largest absolute Gasteiger partial charge is 0.294 e. The molecule has 2 nitrogen and oxygen atoms in total. The molecule has 4 aromatic carbocycles. The molecule has 0 saturated heterocycles. The molecule has 2 atom stereocenters. The molecule has 36 heavy (non-hydrogen) atoms. The Labute approximate surface area is 213 Å². The van der Waals surface area contributed by atoms with Crippen LogP contribution in [0.25, 0.3) is 22.3 Å². The number of allylic oxidation sites excluding steroid dienone is 2. The van der Waals surface area contributed by atoms with Gasteiger partial charge in [0.15, 0.2) is 11.6 Å². The van der Waals surface area contributed by atoms with E-state index < -0.39 is 0 Å². The van der Waals surface area contributed by atoms with Crippen molar-refractivity contribution in [1.82, 2.24) is 0 Å². The van der Waals surface area contributed by atoms with E-state index in [2.05, 4.69) is 38.1 Å². The Morgan fingerprint density at radius 3 is 1.11 bits per heavy atom. The van der Waals surface area contributed by atoms with Crippen LogP contribution in [-0.4, -0.2) is 11.6 Å². The molecule has 0 saturated carbocycles. The van der Waals surface area contributed by atoms with Gasteiger partial charge in [-0.1, -0.05) is 120 Å². The number of benzene rings is 4. The molecule has 0 aliphatic heterocycles. The third-order valence-corrected chi connectivity index (χ3v) is 7.49. The Morgan fingerprint density at radius 2 is 0.778 bits per heavy atom. The van der Waals surface area contributed by atoms with Crippen molar-refractivity contribution in [2.45, 2.75) is 26.7 Å². The van der Waals surface area contributed by atoms with Gasteiger partial charge in [0.1, 0.15) is 0 Å². The number of hydrogen-bond acceptors (Lipinski definition) is 2. The number of hydrogen-bond donors (Lipinski definition) is 0. The van der Waals surface area contributed by atoms with Crippen molar-refractivity contribution in [3.05, 3.63) is 131 Å². The zero-order valence-electron chi connectivity index (χ0n) is 20.8. The molecule has 0 amide bonds. The number of ketones is 2. The van der Waals surface area contributed by atoms with Gasteiger partial charge in [0.05, 0.1) is 0 Å². The second-order valence-corrected chi connectivity index (χ2v) is 9.80. The Kier molecular flexibility index (Phi) is 6.77. The molecule has 0 spiro atoms. The molecule has 0 radical (unpaired) electrons. The average molecular weight is 471 g/mol. The van der Waals surface area contributed by atoms with Gasteiger partial charge < -0.3 is 0 Å². The van der Waals surface area contributed by atoms with Crippen LogP contribution in [0, 0.1) is 11.8 Å².